The molecule has 2 heterocycles. The Kier molecular flexibility index (Phi) is 5.87. The van der Waals surface area contributed by atoms with E-state index in [1.807, 2.05) is 30.3 Å². The van der Waals surface area contributed by atoms with E-state index in [0.717, 1.165) is 11.3 Å². The Hall–Kier alpha value is -3.44. The summed E-state index contributed by atoms with van der Waals surface area (Å²) in [6.07, 6.45) is 3.31. The lowest BCUT2D eigenvalue weighted by atomic mass is 10.0. The number of amides is 2. The number of benzene rings is 2. The topological polar surface area (TPSA) is 62.3 Å². The number of hydrogen-bond donors (Lipinski definition) is 1. The molecule has 0 saturated carbocycles. The molecule has 0 atom stereocenters. The van der Waals surface area contributed by atoms with Crippen LogP contribution in [-0.4, -0.2) is 21.7 Å². The number of carbonyl (C=O) groups excluding carboxylic acids is 2. The Labute approximate surface area is 186 Å². The van der Waals surface area contributed by atoms with E-state index in [9.17, 15) is 9.59 Å². The van der Waals surface area contributed by atoms with Gasteiger partial charge in [0.15, 0.2) is 0 Å². The lowest BCUT2D eigenvalue weighted by molar-refractivity contribution is -0.137. The molecule has 3 aromatic rings. The predicted octanol–water partition coefficient (Wildman–Crippen LogP) is 5.25. The molecule has 1 aliphatic heterocycles. The number of imide groups is 1. The molecule has 6 heteroatoms. The van der Waals surface area contributed by atoms with E-state index in [0.29, 0.717) is 22.1 Å². The van der Waals surface area contributed by atoms with Gasteiger partial charge in [0.2, 0.25) is 0 Å². The molecular formula is C25H22ClN3O2. The Morgan fingerprint density at radius 2 is 1.68 bits per heavy atom. The molecule has 4 rings (SSSR count). The number of nitrogens with one attached hydrogen (secondary N) is 1. The molecule has 0 bridgehead atoms. The smallest absolute Gasteiger partial charge is 0.278 e. The van der Waals surface area contributed by atoms with E-state index >= 15 is 0 Å². The van der Waals surface area contributed by atoms with Gasteiger partial charge in [0.05, 0.1) is 12.1 Å². The maximum Gasteiger partial charge on any atom is 0.278 e. The minimum atomic E-state index is -0.369. The molecule has 0 saturated heterocycles. The molecule has 0 fully saturated rings. The normalized spacial score (nSPS) is 14.0. The van der Waals surface area contributed by atoms with E-state index < -0.39 is 0 Å². The van der Waals surface area contributed by atoms with E-state index in [2.05, 4.69) is 24.1 Å². The summed E-state index contributed by atoms with van der Waals surface area (Å²) in [6.45, 7) is 4.40. The molecule has 2 aromatic carbocycles. The Morgan fingerprint density at radius 3 is 2.29 bits per heavy atom. The standard InChI is InChI=1S/C25H22ClN3O2/c1-16(2)18-7-11-21(12-8-18)28-23-22(19-5-9-20(26)10-6-19)24(30)29(25(23)31)15-17-4-3-13-27-14-17/h3-14,16,28H,15H2,1-2H3. The Balaban J connectivity index is 1.71. The van der Waals surface area contributed by atoms with E-state index in [1.54, 1.807) is 42.7 Å². The van der Waals surface area contributed by atoms with Crippen molar-refractivity contribution in [2.45, 2.75) is 26.3 Å². The summed E-state index contributed by atoms with van der Waals surface area (Å²) in [5, 5.41) is 3.75. The van der Waals surface area contributed by atoms with Crippen LogP contribution in [0.5, 0.6) is 0 Å². The number of hydrogen-bond acceptors (Lipinski definition) is 4. The van der Waals surface area contributed by atoms with Gasteiger partial charge in [-0.05, 0) is 52.9 Å². The number of rotatable bonds is 6. The van der Waals surface area contributed by atoms with Crippen molar-refractivity contribution in [2.24, 2.45) is 0 Å². The van der Waals surface area contributed by atoms with Gasteiger partial charge in [-0.3, -0.25) is 19.5 Å². The van der Waals surface area contributed by atoms with Crippen molar-refractivity contribution in [3.8, 4) is 0 Å². The second-order valence-corrected chi connectivity index (χ2v) is 8.15. The minimum Gasteiger partial charge on any atom is -0.350 e. The van der Waals surface area contributed by atoms with Crippen LogP contribution in [0, 0.1) is 0 Å². The molecule has 0 unspecified atom stereocenters. The van der Waals surface area contributed by atoms with Crippen LogP contribution >= 0.6 is 11.6 Å². The summed E-state index contributed by atoms with van der Waals surface area (Å²) in [5.41, 5.74) is 3.95. The van der Waals surface area contributed by atoms with Gasteiger partial charge in [-0.1, -0.05) is 55.8 Å². The second kappa shape index (κ2) is 8.74. The Morgan fingerprint density at radius 1 is 0.968 bits per heavy atom. The average Bonchev–Trinajstić information content (AvgIpc) is 3.00. The molecule has 0 spiro atoms. The fraction of sp³-hybridized carbons (Fsp3) is 0.160. The largest absolute Gasteiger partial charge is 0.350 e. The van der Waals surface area contributed by atoms with E-state index in [-0.39, 0.29) is 24.1 Å². The third-order valence-corrected chi connectivity index (χ3v) is 5.46. The van der Waals surface area contributed by atoms with Crippen molar-refractivity contribution < 1.29 is 9.59 Å². The molecule has 156 valence electrons. The highest BCUT2D eigenvalue weighted by molar-refractivity contribution is 6.36. The van der Waals surface area contributed by atoms with Crippen LogP contribution in [-0.2, 0) is 16.1 Å². The van der Waals surface area contributed by atoms with Gasteiger partial charge in [0, 0.05) is 23.1 Å². The van der Waals surface area contributed by atoms with Crippen molar-refractivity contribution >= 4 is 34.7 Å². The Bertz CT molecular complexity index is 1140. The quantitative estimate of drug-likeness (QED) is 0.541. The maximum absolute atomic E-state index is 13.3. The summed E-state index contributed by atoms with van der Waals surface area (Å²) in [6, 6.07) is 18.4. The third kappa shape index (κ3) is 4.37. The molecule has 0 radical (unpaired) electrons. The predicted molar refractivity (Wildman–Crippen MR) is 122 cm³/mol. The lowest BCUT2D eigenvalue weighted by Gasteiger charge is -2.15. The van der Waals surface area contributed by atoms with Gasteiger partial charge < -0.3 is 5.32 Å². The van der Waals surface area contributed by atoms with Crippen LogP contribution in [0.1, 0.15) is 36.5 Å². The van der Waals surface area contributed by atoms with Crippen LogP contribution in [0.4, 0.5) is 5.69 Å². The molecule has 1 aliphatic rings. The second-order valence-electron chi connectivity index (χ2n) is 7.72. The molecular weight excluding hydrogens is 410 g/mol. The average molecular weight is 432 g/mol. The molecule has 2 amide bonds. The van der Waals surface area contributed by atoms with Gasteiger partial charge in [-0.25, -0.2) is 0 Å². The van der Waals surface area contributed by atoms with Gasteiger partial charge >= 0.3 is 0 Å². The van der Waals surface area contributed by atoms with Gasteiger partial charge in [0.25, 0.3) is 11.8 Å². The first-order valence-corrected chi connectivity index (χ1v) is 10.4. The van der Waals surface area contributed by atoms with E-state index in [4.69, 9.17) is 11.6 Å². The fourth-order valence-electron chi connectivity index (χ4n) is 3.49. The summed E-state index contributed by atoms with van der Waals surface area (Å²) < 4.78 is 0. The number of halogens is 1. The summed E-state index contributed by atoms with van der Waals surface area (Å²) in [5.74, 6) is -0.313. The van der Waals surface area contributed by atoms with Crippen molar-refractivity contribution in [3.63, 3.8) is 0 Å². The first-order chi connectivity index (χ1) is 14.9. The first kappa shape index (κ1) is 20.8. The van der Waals surface area contributed by atoms with Crippen LogP contribution in [0.3, 0.4) is 0 Å². The zero-order valence-electron chi connectivity index (χ0n) is 17.3. The van der Waals surface area contributed by atoms with Crippen molar-refractivity contribution in [1.29, 1.82) is 0 Å². The highest BCUT2D eigenvalue weighted by Gasteiger charge is 2.39. The molecule has 31 heavy (non-hydrogen) atoms. The molecule has 0 aliphatic carbocycles. The highest BCUT2D eigenvalue weighted by Crippen LogP contribution is 2.32. The third-order valence-electron chi connectivity index (χ3n) is 5.21. The summed E-state index contributed by atoms with van der Waals surface area (Å²) in [7, 11) is 0. The van der Waals surface area contributed by atoms with Crippen LogP contribution in [0.2, 0.25) is 5.02 Å². The van der Waals surface area contributed by atoms with Gasteiger partial charge in [-0.2, -0.15) is 0 Å². The number of anilines is 1. The van der Waals surface area contributed by atoms with Gasteiger partial charge in [0.1, 0.15) is 5.70 Å². The van der Waals surface area contributed by atoms with Crippen molar-refractivity contribution in [3.05, 3.63) is 100 Å². The number of carbonyl (C=O) groups is 2. The van der Waals surface area contributed by atoms with Crippen LogP contribution in [0.25, 0.3) is 5.57 Å². The molecule has 5 nitrogen and oxygen atoms in total. The van der Waals surface area contributed by atoms with Crippen molar-refractivity contribution in [1.82, 2.24) is 9.88 Å². The van der Waals surface area contributed by atoms with Crippen LogP contribution in [0.15, 0.2) is 78.8 Å². The zero-order valence-corrected chi connectivity index (χ0v) is 18.1. The molecule has 1 N–H and O–H groups in total. The highest BCUT2D eigenvalue weighted by atomic mass is 35.5. The monoisotopic (exact) mass is 431 g/mol. The van der Waals surface area contributed by atoms with Crippen molar-refractivity contribution in [2.75, 3.05) is 5.32 Å². The number of pyridine rings is 1. The van der Waals surface area contributed by atoms with Gasteiger partial charge in [-0.15, -0.1) is 0 Å². The first-order valence-electron chi connectivity index (χ1n) is 10.1. The van der Waals surface area contributed by atoms with Crippen LogP contribution < -0.4 is 5.32 Å². The fourth-order valence-corrected chi connectivity index (χ4v) is 3.62. The zero-order chi connectivity index (χ0) is 22.0. The molecule has 1 aromatic heterocycles. The lowest BCUT2D eigenvalue weighted by Crippen LogP contribution is -2.32. The summed E-state index contributed by atoms with van der Waals surface area (Å²) >= 11 is 6.02. The maximum atomic E-state index is 13.3. The SMILES string of the molecule is CC(C)c1ccc(NC2=C(c3ccc(Cl)cc3)C(=O)N(Cc3cccnc3)C2=O)cc1. The number of nitrogens with zero attached hydrogens (tertiary/aromatic N) is 2. The minimum absolute atomic E-state index is 0.153. The summed E-state index contributed by atoms with van der Waals surface area (Å²) in [4.78, 5) is 31.9. The van der Waals surface area contributed by atoms with E-state index in [1.165, 1.54) is 10.5 Å². The number of aromatic nitrogens is 1.